The zero-order valence-electron chi connectivity index (χ0n) is 10.5. The average molecular weight is 246 g/mol. The molecule has 2 N–H and O–H groups in total. The van der Waals surface area contributed by atoms with E-state index >= 15 is 0 Å². The smallest absolute Gasteiger partial charge is 0.256 e. The third-order valence-electron chi connectivity index (χ3n) is 3.65. The van der Waals surface area contributed by atoms with Gasteiger partial charge in [-0.25, -0.2) is 0 Å². The number of piperazine rings is 1. The van der Waals surface area contributed by atoms with Crippen LogP contribution >= 0.6 is 0 Å². The van der Waals surface area contributed by atoms with Crippen molar-refractivity contribution < 1.29 is 4.79 Å². The minimum absolute atomic E-state index is 0.0206. The van der Waals surface area contributed by atoms with Gasteiger partial charge in [-0.15, -0.1) is 0 Å². The standard InChI is InChI=1S/C13H18N4O/c1-16-11-5-3-2-4-10(11)12(18)15-13(16)17-8-6-14-7-9-17/h2-5,13-14H,6-9H2,1H3,(H,15,18). The summed E-state index contributed by atoms with van der Waals surface area (Å²) >= 11 is 0. The number of nitrogens with one attached hydrogen (secondary N) is 2. The molecule has 0 aliphatic carbocycles. The number of benzene rings is 1. The highest BCUT2D eigenvalue weighted by Crippen LogP contribution is 2.25. The molecule has 18 heavy (non-hydrogen) atoms. The van der Waals surface area contributed by atoms with E-state index in [0.29, 0.717) is 0 Å². The van der Waals surface area contributed by atoms with Crippen LogP contribution in [0.1, 0.15) is 10.4 Å². The first-order chi connectivity index (χ1) is 8.77. The molecule has 1 unspecified atom stereocenters. The monoisotopic (exact) mass is 246 g/mol. The van der Waals surface area contributed by atoms with Gasteiger partial charge >= 0.3 is 0 Å². The number of rotatable bonds is 1. The molecule has 5 nitrogen and oxygen atoms in total. The first-order valence-electron chi connectivity index (χ1n) is 6.35. The topological polar surface area (TPSA) is 47.6 Å². The van der Waals surface area contributed by atoms with Crippen molar-refractivity contribution in [3.05, 3.63) is 29.8 Å². The molecule has 2 aliphatic heterocycles. The predicted molar refractivity (Wildman–Crippen MR) is 70.5 cm³/mol. The molecule has 1 aromatic carbocycles. The molecular formula is C13H18N4O. The van der Waals surface area contributed by atoms with E-state index in [2.05, 4.69) is 20.4 Å². The summed E-state index contributed by atoms with van der Waals surface area (Å²) in [6.45, 7) is 3.86. The Hall–Kier alpha value is -1.59. The summed E-state index contributed by atoms with van der Waals surface area (Å²) in [6.07, 6.45) is -0.0329. The van der Waals surface area contributed by atoms with Crippen molar-refractivity contribution in [1.29, 1.82) is 0 Å². The Morgan fingerprint density at radius 2 is 1.94 bits per heavy atom. The number of hydrogen-bond donors (Lipinski definition) is 2. The maximum absolute atomic E-state index is 12.1. The Morgan fingerprint density at radius 1 is 1.22 bits per heavy atom. The van der Waals surface area contributed by atoms with Crippen molar-refractivity contribution >= 4 is 11.6 Å². The van der Waals surface area contributed by atoms with E-state index in [1.165, 1.54) is 0 Å². The molecule has 3 rings (SSSR count). The fourth-order valence-electron chi connectivity index (χ4n) is 2.66. The number of hydrogen-bond acceptors (Lipinski definition) is 4. The van der Waals surface area contributed by atoms with Crippen LogP contribution in [0.15, 0.2) is 24.3 Å². The summed E-state index contributed by atoms with van der Waals surface area (Å²) in [5.74, 6) is 0.0206. The Labute approximate surface area is 107 Å². The quantitative estimate of drug-likeness (QED) is 0.735. The van der Waals surface area contributed by atoms with Crippen LogP contribution < -0.4 is 15.5 Å². The molecule has 1 amide bonds. The molecule has 0 aromatic heterocycles. The number of para-hydroxylation sites is 1. The van der Waals surface area contributed by atoms with Crippen LogP contribution in [0, 0.1) is 0 Å². The third kappa shape index (κ3) is 1.85. The SMILES string of the molecule is CN1c2ccccc2C(=O)NC1N1CCNCC1. The molecular weight excluding hydrogens is 228 g/mol. The van der Waals surface area contributed by atoms with Gasteiger partial charge in [-0.3, -0.25) is 9.69 Å². The fraction of sp³-hybridized carbons (Fsp3) is 0.462. The van der Waals surface area contributed by atoms with Crippen LogP contribution in [0.2, 0.25) is 0 Å². The molecule has 1 saturated heterocycles. The van der Waals surface area contributed by atoms with Crippen LogP contribution in [-0.2, 0) is 0 Å². The summed E-state index contributed by atoms with van der Waals surface area (Å²) in [5, 5.41) is 6.40. The van der Waals surface area contributed by atoms with Gasteiger partial charge in [-0.05, 0) is 12.1 Å². The van der Waals surface area contributed by atoms with Crippen molar-refractivity contribution in [3.63, 3.8) is 0 Å². The predicted octanol–water partition coefficient (Wildman–Crippen LogP) is 0.0550. The number of carbonyl (C=O) groups excluding carboxylic acids is 1. The highest BCUT2D eigenvalue weighted by Gasteiger charge is 2.32. The van der Waals surface area contributed by atoms with Gasteiger partial charge in [-0.1, -0.05) is 12.1 Å². The summed E-state index contributed by atoms with van der Waals surface area (Å²) in [7, 11) is 2.03. The highest BCUT2D eigenvalue weighted by molar-refractivity contribution is 6.01. The molecule has 1 aromatic rings. The minimum Gasteiger partial charge on any atom is -0.341 e. The second-order valence-corrected chi connectivity index (χ2v) is 4.76. The Kier molecular flexibility index (Phi) is 2.93. The molecule has 1 fully saturated rings. The second kappa shape index (κ2) is 4.59. The molecule has 1 atom stereocenters. The normalized spacial score (nSPS) is 24.6. The maximum atomic E-state index is 12.1. The zero-order valence-corrected chi connectivity index (χ0v) is 10.5. The summed E-state index contributed by atoms with van der Waals surface area (Å²) in [6, 6.07) is 7.75. The Morgan fingerprint density at radius 3 is 2.72 bits per heavy atom. The zero-order chi connectivity index (χ0) is 12.5. The lowest BCUT2D eigenvalue weighted by atomic mass is 10.1. The van der Waals surface area contributed by atoms with E-state index in [1.807, 2.05) is 31.3 Å². The molecule has 0 saturated carbocycles. The number of nitrogens with zero attached hydrogens (tertiary/aromatic N) is 2. The lowest BCUT2D eigenvalue weighted by Crippen LogP contribution is -2.63. The van der Waals surface area contributed by atoms with Crippen LogP contribution in [0.3, 0.4) is 0 Å². The molecule has 96 valence electrons. The third-order valence-corrected chi connectivity index (χ3v) is 3.65. The van der Waals surface area contributed by atoms with Gasteiger partial charge in [-0.2, -0.15) is 0 Å². The van der Waals surface area contributed by atoms with Gasteiger partial charge in [0.05, 0.1) is 11.3 Å². The van der Waals surface area contributed by atoms with Gasteiger partial charge in [0.2, 0.25) is 0 Å². The Balaban J connectivity index is 1.89. The number of fused-ring (bicyclic) bond motifs is 1. The van der Waals surface area contributed by atoms with Crippen molar-refractivity contribution in [1.82, 2.24) is 15.5 Å². The lowest BCUT2D eigenvalue weighted by Gasteiger charge is -2.44. The van der Waals surface area contributed by atoms with Gasteiger partial charge in [0.1, 0.15) is 0 Å². The largest absolute Gasteiger partial charge is 0.341 e. The van der Waals surface area contributed by atoms with Gasteiger partial charge in [0.25, 0.3) is 5.91 Å². The van der Waals surface area contributed by atoms with Gasteiger partial charge < -0.3 is 15.5 Å². The van der Waals surface area contributed by atoms with E-state index in [-0.39, 0.29) is 12.2 Å². The van der Waals surface area contributed by atoms with E-state index in [4.69, 9.17) is 0 Å². The Bertz CT molecular complexity index is 456. The number of carbonyl (C=O) groups is 1. The molecule has 5 heteroatoms. The van der Waals surface area contributed by atoms with Crippen molar-refractivity contribution in [2.24, 2.45) is 0 Å². The summed E-state index contributed by atoms with van der Waals surface area (Å²) < 4.78 is 0. The van der Waals surface area contributed by atoms with Crippen molar-refractivity contribution in [2.75, 3.05) is 38.1 Å². The minimum atomic E-state index is -0.0329. The van der Waals surface area contributed by atoms with Crippen LogP contribution in [0.5, 0.6) is 0 Å². The van der Waals surface area contributed by atoms with Gasteiger partial charge in [0, 0.05) is 33.2 Å². The highest BCUT2D eigenvalue weighted by atomic mass is 16.2. The maximum Gasteiger partial charge on any atom is 0.256 e. The average Bonchev–Trinajstić information content (AvgIpc) is 2.44. The van der Waals surface area contributed by atoms with E-state index in [9.17, 15) is 4.79 Å². The van der Waals surface area contributed by atoms with E-state index in [1.54, 1.807) is 0 Å². The van der Waals surface area contributed by atoms with Crippen molar-refractivity contribution in [3.8, 4) is 0 Å². The summed E-state index contributed by atoms with van der Waals surface area (Å²) in [5.41, 5.74) is 1.76. The van der Waals surface area contributed by atoms with Crippen LogP contribution in [0.4, 0.5) is 5.69 Å². The van der Waals surface area contributed by atoms with Crippen LogP contribution in [0.25, 0.3) is 0 Å². The lowest BCUT2D eigenvalue weighted by molar-refractivity contribution is 0.0804. The first kappa shape index (κ1) is 11.5. The molecule has 2 aliphatic rings. The number of anilines is 1. The number of amides is 1. The molecule has 0 radical (unpaired) electrons. The fourth-order valence-corrected chi connectivity index (χ4v) is 2.66. The van der Waals surface area contributed by atoms with E-state index in [0.717, 1.165) is 37.4 Å². The van der Waals surface area contributed by atoms with Gasteiger partial charge in [0.15, 0.2) is 6.29 Å². The second-order valence-electron chi connectivity index (χ2n) is 4.76. The van der Waals surface area contributed by atoms with E-state index < -0.39 is 0 Å². The first-order valence-corrected chi connectivity index (χ1v) is 6.35. The van der Waals surface area contributed by atoms with Crippen molar-refractivity contribution in [2.45, 2.75) is 6.29 Å². The molecule has 0 bridgehead atoms. The molecule has 0 spiro atoms. The molecule has 2 heterocycles. The summed E-state index contributed by atoms with van der Waals surface area (Å²) in [4.78, 5) is 16.5. The van der Waals surface area contributed by atoms with Crippen LogP contribution in [-0.4, -0.2) is 50.3 Å².